The highest BCUT2D eigenvalue weighted by atomic mass is 16.4. The van der Waals surface area contributed by atoms with E-state index in [-0.39, 0.29) is 44.1 Å². The Bertz CT molecular complexity index is 1880. The lowest BCUT2D eigenvalue weighted by Crippen LogP contribution is -2.21. The minimum absolute atomic E-state index is 0.0131. The zero-order chi connectivity index (χ0) is 21.4. The van der Waals surface area contributed by atoms with E-state index in [9.17, 15) is 19.5 Å². The van der Waals surface area contributed by atoms with Crippen molar-refractivity contribution in [2.24, 2.45) is 7.05 Å². The minimum atomic E-state index is -1.31. The van der Waals surface area contributed by atoms with Crippen molar-refractivity contribution in [2.45, 2.75) is 0 Å². The van der Waals surface area contributed by atoms with Gasteiger partial charge in [-0.15, -0.1) is 0 Å². The van der Waals surface area contributed by atoms with Crippen molar-refractivity contribution in [3.05, 3.63) is 69.2 Å². The van der Waals surface area contributed by atoms with Gasteiger partial charge in [-0.3, -0.25) is 14.2 Å². The van der Waals surface area contributed by atoms with Crippen molar-refractivity contribution < 1.29 is 23.2 Å². The molecule has 9 heteroatoms. The molecule has 9 nitrogen and oxygen atoms in total. The average molecular weight is 416 g/mol. The van der Waals surface area contributed by atoms with Gasteiger partial charge in [-0.1, -0.05) is 24.3 Å². The summed E-state index contributed by atoms with van der Waals surface area (Å²) < 4.78 is 19.9. The summed E-state index contributed by atoms with van der Waals surface area (Å²) in [6.45, 7) is 0. The number of hydrogen-bond donors (Lipinski definition) is 1. The van der Waals surface area contributed by atoms with E-state index >= 15 is 0 Å². The summed E-state index contributed by atoms with van der Waals surface area (Å²) in [7, 11) is 1.34. The van der Waals surface area contributed by atoms with E-state index in [0.717, 1.165) is 9.13 Å². The molecule has 0 saturated carbocycles. The van der Waals surface area contributed by atoms with Gasteiger partial charge in [0.1, 0.15) is 16.3 Å². The maximum Gasteiger partial charge on any atom is 0.416 e. The molecular weight excluding hydrogens is 404 g/mol. The number of carbonyl (C=O) groups is 1. The molecule has 6 aromatic rings. The van der Waals surface area contributed by atoms with Crippen molar-refractivity contribution in [1.29, 1.82) is 0 Å². The molecule has 1 N–H and O–H groups in total. The number of para-hydroxylation sites is 4. The van der Waals surface area contributed by atoms with Crippen LogP contribution in [0, 0.1) is 0 Å². The molecule has 31 heavy (non-hydrogen) atoms. The van der Waals surface area contributed by atoms with Gasteiger partial charge in [0.05, 0.1) is 5.52 Å². The molecule has 3 heterocycles. The summed E-state index contributed by atoms with van der Waals surface area (Å²) in [6.07, 6.45) is -1.31. The smallest absolute Gasteiger partial charge is 0.416 e. The van der Waals surface area contributed by atoms with Crippen LogP contribution in [0.3, 0.4) is 0 Å². The molecule has 0 spiro atoms. The average Bonchev–Trinajstić information content (AvgIpc) is 3.00. The van der Waals surface area contributed by atoms with Crippen LogP contribution in [0.4, 0.5) is 4.79 Å². The van der Waals surface area contributed by atoms with Gasteiger partial charge in [-0.2, -0.15) is 0 Å². The molecule has 0 atom stereocenters. The highest BCUT2D eigenvalue weighted by Gasteiger charge is 2.27. The van der Waals surface area contributed by atoms with Gasteiger partial charge in [-0.05, 0) is 24.3 Å². The molecular formula is C22H12N2O7. The zero-order valence-corrected chi connectivity index (χ0v) is 15.9. The maximum absolute atomic E-state index is 13.0. The van der Waals surface area contributed by atoms with E-state index in [2.05, 4.69) is 0 Å². The van der Waals surface area contributed by atoms with Crippen LogP contribution >= 0.6 is 0 Å². The molecule has 0 amide bonds. The van der Waals surface area contributed by atoms with Crippen LogP contribution in [0.25, 0.3) is 55.3 Å². The van der Waals surface area contributed by atoms with Gasteiger partial charge < -0.3 is 18.4 Å². The van der Waals surface area contributed by atoms with E-state index in [1.807, 2.05) is 0 Å². The fourth-order valence-electron chi connectivity index (χ4n) is 4.00. The van der Waals surface area contributed by atoms with Crippen LogP contribution in [-0.4, -0.2) is 20.3 Å². The summed E-state index contributed by atoms with van der Waals surface area (Å²) in [5.74, 6) is 0. The van der Waals surface area contributed by atoms with Crippen molar-refractivity contribution in [1.82, 2.24) is 9.13 Å². The third kappa shape index (κ3) is 2.11. The quantitative estimate of drug-likeness (QED) is 0.291. The molecule has 0 aliphatic rings. The predicted octanol–water partition coefficient (Wildman–Crippen LogP) is 4.18. The zero-order valence-electron chi connectivity index (χ0n) is 15.9. The van der Waals surface area contributed by atoms with Gasteiger partial charge in [0.25, 0.3) is 11.1 Å². The van der Waals surface area contributed by atoms with Gasteiger partial charge in [-0.25, -0.2) is 9.36 Å². The van der Waals surface area contributed by atoms with Crippen molar-refractivity contribution in [3.8, 4) is 0 Å². The van der Waals surface area contributed by atoms with Crippen molar-refractivity contribution in [2.75, 3.05) is 0 Å². The first kappa shape index (κ1) is 17.3. The minimum Gasteiger partial charge on any atom is -0.464 e. The summed E-state index contributed by atoms with van der Waals surface area (Å²) in [4.78, 5) is 38.2. The second kappa shape index (κ2) is 5.76. The van der Waals surface area contributed by atoms with E-state index in [1.54, 1.807) is 48.5 Å². The molecule has 0 fully saturated rings. The standard InChI is InChI=1S/C22H12N2O7/c1-23-20(25)14-15(21(23)26)18-19(31-13-9-5-4-8-12(13)30-18)16-17(14)29-11-7-3-2-6-10(11)24(16)22(27)28/h2-9H,1H3,(H,27,28). The third-order valence-corrected chi connectivity index (χ3v) is 5.38. The molecule has 152 valence electrons. The Hall–Kier alpha value is -4.53. The van der Waals surface area contributed by atoms with Crippen molar-refractivity contribution >= 4 is 61.4 Å². The number of benzene rings is 3. The van der Waals surface area contributed by atoms with Crippen LogP contribution < -0.4 is 11.1 Å². The second-order valence-corrected chi connectivity index (χ2v) is 7.09. The maximum atomic E-state index is 13.0. The van der Waals surface area contributed by atoms with Gasteiger partial charge in [0.2, 0.25) is 0 Å². The van der Waals surface area contributed by atoms with E-state index in [1.165, 1.54) is 7.05 Å². The van der Waals surface area contributed by atoms with Crippen LogP contribution in [0.5, 0.6) is 0 Å². The molecule has 3 aromatic heterocycles. The lowest BCUT2D eigenvalue weighted by Gasteiger charge is -2.12. The Morgan fingerprint density at radius 3 is 1.94 bits per heavy atom. The molecule has 0 radical (unpaired) electrons. The number of rotatable bonds is 0. The number of fused-ring (bicyclic) bond motifs is 8. The van der Waals surface area contributed by atoms with E-state index in [4.69, 9.17) is 13.3 Å². The molecule has 0 saturated heterocycles. The lowest BCUT2D eigenvalue weighted by atomic mass is 10.1. The number of nitrogens with zero attached hydrogens (tertiary/aromatic N) is 2. The first-order valence-corrected chi connectivity index (χ1v) is 9.28. The van der Waals surface area contributed by atoms with Gasteiger partial charge >= 0.3 is 6.09 Å². The molecule has 0 bridgehead atoms. The Balaban J connectivity index is 2.10. The first-order chi connectivity index (χ1) is 15.0. The monoisotopic (exact) mass is 416 g/mol. The number of aromatic nitrogens is 2. The number of carboxylic acid groups (broad SMARTS) is 1. The third-order valence-electron chi connectivity index (χ3n) is 5.38. The topological polar surface area (TPSA) is 121 Å². The summed E-state index contributed by atoms with van der Waals surface area (Å²) in [5, 5.41) is 9.97. The second-order valence-electron chi connectivity index (χ2n) is 7.09. The van der Waals surface area contributed by atoms with Gasteiger partial charge in [0, 0.05) is 7.05 Å². The summed E-state index contributed by atoms with van der Waals surface area (Å²) in [6, 6.07) is 13.3. The molecule has 3 aromatic carbocycles. The molecule has 0 aliphatic carbocycles. The van der Waals surface area contributed by atoms with E-state index in [0.29, 0.717) is 11.2 Å². The van der Waals surface area contributed by atoms with Crippen LogP contribution in [0.1, 0.15) is 0 Å². The lowest BCUT2D eigenvalue weighted by molar-refractivity contribution is 0.198. The largest absolute Gasteiger partial charge is 0.464 e. The Morgan fingerprint density at radius 1 is 0.774 bits per heavy atom. The van der Waals surface area contributed by atoms with Crippen molar-refractivity contribution in [3.63, 3.8) is 0 Å². The SMILES string of the molecule is Cn1c(=O)c2c3oc4ccccc4oc3c3c(oc4ccccc4n3C(=O)O)c2c1=O. The van der Waals surface area contributed by atoms with Crippen LogP contribution in [-0.2, 0) is 7.05 Å². The first-order valence-electron chi connectivity index (χ1n) is 9.28. The van der Waals surface area contributed by atoms with Crippen LogP contribution in [0.2, 0.25) is 0 Å². The summed E-state index contributed by atoms with van der Waals surface area (Å²) in [5.41, 5.74) is -0.185. The fourth-order valence-corrected chi connectivity index (χ4v) is 4.00. The summed E-state index contributed by atoms with van der Waals surface area (Å²) >= 11 is 0. The molecule has 0 unspecified atom stereocenters. The molecule has 6 rings (SSSR count). The Kier molecular flexibility index (Phi) is 3.22. The highest BCUT2D eigenvalue weighted by molar-refractivity contribution is 6.21. The predicted molar refractivity (Wildman–Crippen MR) is 113 cm³/mol. The van der Waals surface area contributed by atoms with Crippen LogP contribution in [0.15, 0.2) is 71.4 Å². The van der Waals surface area contributed by atoms with Gasteiger partial charge in [0.15, 0.2) is 33.5 Å². The Morgan fingerprint density at radius 2 is 1.29 bits per heavy atom. The Labute approximate surface area is 170 Å². The number of hydrogen-bond acceptors (Lipinski definition) is 6. The highest BCUT2D eigenvalue weighted by Crippen LogP contribution is 2.37. The fraction of sp³-hybridized carbons (Fsp3) is 0.0455. The van der Waals surface area contributed by atoms with E-state index < -0.39 is 17.2 Å². The normalized spacial score (nSPS) is 11.9. The molecule has 0 aliphatic heterocycles.